The number of hydrogen-bond acceptors (Lipinski definition) is 1. The third-order valence-corrected chi connectivity index (χ3v) is 1.93. The molecular weight excluding hydrogens is 196 g/mol. The quantitative estimate of drug-likeness (QED) is 0.806. The van der Waals surface area contributed by atoms with Gasteiger partial charge in [0.05, 0.1) is 6.54 Å². The van der Waals surface area contributed by atoms with E-state index in [1.165, 1.54) is 0 Å². The van der Waals surface area contributed by atoms with Gasteiger partial charge in [-0.1, -0.05) is 23.7 Å². The van der Waals surface area contributed by atoms with E-state index in [9.17, 15) is 8.78 Å². The predicted octanol–water partition coefficient (Wildman–Crippen LogP) is 2.48. The van der Waals surface area contributed by atoms with Crippen molar-refractivity contribution in [2.24, 2.45) is 5.73 Å². The molecule has 0 heterocycles. The molecule has 0 aliphatic heterocycles. The average Bonchev–Trinajstić information content (AvgIpc) is 2.09. The van der Waals surface area contributed by atoms with Crippen LogP contribution in [0, 0.1) is 0 Å². The molecule has 0 bridgehead atoms. The van der Waals surface area contributed by atoms with Crippen molar-refractivity contribution in [3.63, 3.8) is 0 Å². The largest absolute Gasteiger partial charge is 0.325 e. The zero-order valence-electron chi connectivity index (χ0n) is 6.93. The van der Waals surface area contributed by atoms with Crippen LogP contribution in [0.2, 0.25) is 5.02 Å². The number of alkyl halides is 2. The van der Waals surface area contributed by atoms with Crippen molar-refractivity contribution in [3.8, 4) is 0 Å². The third kappa shape index (κ3) is 3.28. The van der Waals surface area contributed by atoms with Crippen molar-refractivity contribution in [3.05, 3.63) is 34.9 Å². The molecule has 0 saturated carbocycles. The fraction of sp³-hybridized carbons (Fsp3) is 0.333. The van der Waals surface area contributed by atoms with Crippen LogP contribution in [0.4, 0.5) is 8.78 Å². The molecule has 4 heteroatoms. The second kappa shape index (κ2) is 4.03. The molecular formula is C9H10ClF2N. The molecule has 1 rings (SSSR count). The zero-order valence-corrected chi connectivity index (χ0v) is 7.69. The molecule has 1 aromatic carbocycles. The minimum Gasteiger partial charge on any atom is -0.325 e. The predicted molar refractivity (Wildman–Crippen MR) is 49.2 cm³/mol. The summed E-state index contributed by atoms with van der Waals surface area (Å²) in [5.41, 5.74) is 5.45. The van der Waals surface area contributed by atoms with Gasteiger partial charge in [0.25, 0.3) is 5.92 Å². The monoisotopic (exact) mass is 205 g/mol. The second-order valence-corrected chi connectivity index (χ2v) is 3.30. The van der Waals surface area contributed by atoms with Gasteiger partial charge in [-0.15, -0.1) is 0 Å². The first-order valence-electron chi connectivity index (χ1n) is 3.86. The second-order valence-electron chi connectivity index (χ2n) is 2.86. The van der Waals surface area contributed by atoms with Gasteiger partial charge in [0.2, 0.25) is 0 Å². The Hall–Kier alpha value is -0.670. The smallest absolute Gasteiger partial charge is 0.264 e. The molecule has 1 aromatic rings. The molecule has 13 heavy (non-hydrogen) atoms. The van der Waals surface area contributed by atoms with E-state index < -0.39 is 12.5 Å². The zero-order chi connectivity index (χ0) is 9.90. The van der Waals surface area contributed by atoms with Gasteiger partial charge >= 0.3 is 0 Å². The van der Waals surface area contributed by atoms with Crippen molar-refractivity contribution in [2.45, 2.75) is 12.3 Å². The Morgan fingerprint density at radius 1 is 1.23 bits per heavy atom. The molecule has 0 amide bonds. The van der Waals surface area contributed by atoms with Crippen LogP contribution in [-0.2, 0) is 6.42 Å². The van der Waals surface area contributed by atoms with Crippen LogP contribution in [0.1, 0.15) is 5.56 Å². The Kier molecular flexibility index (Phi) is 3.22. The summed E-state index contributed by atoms with van der Waals surface area (Å²) in [5, 5.41) is 0.541. The number of rotatable bonds is 3. The fourth-order valence-electron chi connectivity index (χ4n) is 0.973. The Labute approximate surface area is 80.5 Å². The summed E-state index contributed by atoms with van der Waals surface area (Å²) >= 11 is 5.60. The minimum atomic E-state index is -2.83. The van der Waals surface area contributed by atoms with Crippen molar-refractivity contribution < 1.29 is 8.78 Å². The number of hydrogen-bond donors (Lipinski definition) is 1. The third-order valence-electron chi connectivity index (χ3n) is 1.67. The van der Waals surface area contributed by atoms with Gasteiger partial charge < -0.3 is 5.73 Å². The van der Waals surface area contributed by atoms with Crippen LogP contribution < -0.4 is 5.73 Å². The summed E-state index contributed by atoms with van der Waals surface area (Å²) in [6.45, 7) is -0.629. The van der Waals surface area contributed by atoms with Crippen LogP contribution in [0.25, 0.3) is 0 Å². The molecule has 0 saturated heterocycles. The summed E-state index contributed by atoms with van der Waals surface area (Å²) in [6, 6.07) is 6.32. The van der Waals surface area contributed by atoms with E-state index in [2.05, 4.69) is 0 Å². The Morgan fingerprint density at radius 2 is 1.77 bits per heavy atom. The molecule has 0 fully saturated rings. The highest BCUT2D eigenvalue weighted by molar-refractivity contribution is 6.30. The summed E-state index contributed by atoms with van der Waals surface area (Å²) in [6.07, 6.45) is -0.333. The first-order valence-corrected chi connectivity index (χ1v) is 4.24. The van der Waals surface area contributed by atoms with Gasteiger partial charge in [0, 0.05) is 11.4 Å². The standard InChI is InChI=1S/C9H10ClF2N/c10-8-3-1-7(2-4-8)5-9(11,12)6-13/h1-4H,5-6,13H2. The molecule has 0 atom stereocenters. The first-order chi connectivity index (χ1) is 6.03. The van der Waals surface area contributed by atoms with Crippen molar-refractivity contribution in [2.75, 3.05) is 6.54 Å². The number of halogens is 3. The highest BCUT2D eigenvalue weighted by atomic mass is 35.5. The Bertz CT molecular complexity index is 271. The lowest BCUT2D eigenvalue weighted by molar-refractivity contribution is 0.0115. The molecule has 0 aromatic heterocycles. The minimum absolute atomic E-state index is 0.333. The van der Waals surface area contributed by atoms with Crippen LogP contribution in [-0.4, -0.2) is 12.5 Å². The van der Waals surface area contributed by atoms with Gasteiger partial charge in [-0.25, -0.2) is 8.78 Å². The van der Waals surface area contributed by atoms with Crippen LogP contribution in [0.3, 0.4) is 0 Å². The van der Waals surface area contributed by atoms with E-state index in [1.807, 2.05) is 0 Å². The van der Waals surface area contributed by atoms with Crippen LogP contribution in [0.5, 0.6) is 0 Å². The number of nitrogens with two attached hydrogens (primary N) is 1. The van der Waals surface area contributed by atoms with Gasteiger partial charge in [-0.05, 0) is 17.7 Å². The highest BCUT2D eigenvalue weighted by Crippen LogP contribution is 2.19. The van der Waals surface area contributed by atoms with E-state index in [1.54, 1.807) is 24.3 Å². The van der Waals surface area contributed by atoms with Gasteiger partial charge in [0.1, 0.15) is 0 Å². The fourth-order valence-corrected chi connectivity index (χ4v) is 1.10. The average molecular weight is 206 g/mol. The van der Waals surface area contributed by atoms with Gasteiger partial charge in [0.15, 0.2) is 0 Å². The summed E-state index contributed by atoms with van der Waals surface area (Å²) < 4.78 is 25.6. The first kappa shape index (κ1) is 10.4. The maximum atomic E-state index is 12.8. The summed E-state index contributed by atoms with van der Waals surface area (Å²) in [5.74, 6) is -2.83. The lowest BCUT2D eigenvalue weighted by atomic mass is 10.1. The Morgan fingerprint density at radius 3 is 2.23 bits per heavy atom. The van der Waals surface area contributed by atoms with Crippen LogP contribution >= 0.6 is 11.6 Å². The van der Waals surface area contributed by atoms with E-state index in [-0.39, 0.29) is 6.42 Å². The van der Waals surface area contributed by atoms with Crippen molar-refractivity contribution in [1.29, 1.82) is 0 Å². The van der Waals surface area contributed by atoms with E-state index in [4.69, 9.17) is 17.3 Å². The molecule has 0 unspecified atom stereocenters. The van der Waals surface area contributed by atoms with Crippen molar-refractivity contribution in [1.82, 2.24) is 0 Å². The van der Waals surface area contributed by atoms with Crippen molar-refractivity contribution >= 4 is 11.6 Å². The molecule has 1 nitrogen and oxygen atoms in total. The molecule has 0 aliphatic rings. The molecule has 0 radical (unpaired) electrons. The van der Waals surface area contributed by atoms with Gasteiger partial charge in [-0.2, -0.15) is 0 Å². The van der Waals surface area contributed by atoms with Gasteiger partial charge in [-0.3, -0.25) is 0 Å². The SMILES string of the molecule is NCC(F)(F)Cc1ccc(Cl)cc1. The van der Waals surface area contributed by atoms with E-state index in [0.717, 1.165) is 0 Å². The Balaban J connectivity index is 2.69. The summed E-state index contributed by atoms with van der Waals surface area (Å²) in [7, 11) is 0. The number of benzene rings is 1. The van der Waals surface area contributed by atoms with Crippen LogP contribution in [0.15, 0.2) is 24.3 Å². The maximum absolute atomic E-state index is 12.8. The van der Waals surface area contributed by atoms with E-state index >= 15 is 0 Å². The highest BCUT2D eigenvalue weighted by Gasteiger charge is 2.26. The lowest BCUT2D eigenvalue weighted by Gasteiger charge is -2.13. The normalized spacial score (nSPS) is 11.7. The maximum Gasteiger partial charge on any atom is 0.264 e. The molecule has 0 aliphatic carbocycles. The molecule has 0 spiro atoms. The lowest BCUT2D eigenvalue weighted by Crippen LogP contribution is -2.30. The van der Waals surface area contributed by atoms with E-state index in [0.29, 0.717) is 10.6 Å². The topological polar surface area (TPSA) is 26.0 Å². The molecule has 72 valence electrons. The molecule has 2 N–H and O–H groups in total. The summed E-state index contributed by atoms with van der Waals surface area (Å²) in [4.78, 5) is 0.